The molecule has 0 aliphatic rings. The molecule has 0 atom stereocenters. The van der Waals surface area contributed by atoms with E-state index in [0.717, 1.165) is 32.3 Å². The smallest absolute Gasteiger partial charge is 0.230 e. The van der Waals surface area contributed by atoms with E-state index < -0.39 is 0 Å². The minimum Gasteiger partial charge on any atom is -0.497 e. The summed E-state index contributed by atoms with van der Waals surface area (Å²) in [6.07, 6.45) is 0.306. The fourth-order valence-electron chi connectivity index (χ4n) is 2.81. The van der Waals surface area contributed by atoms with E-state index in [2.05, 4.69) is 34.6 Å². The molecule has 1 heterocycles. The molecule has 0 unspecified atom stereocenters. The summed E-state index contributed by atoms with van der Waals surface area (Å²) in [6.45, 7) is 0. The Morgan fingerprint density at radius 3 is 2.68 bits per heavy atom. The molecule has 0 saturated heterocycles. The van der Waals surface area contributed by atoms with Gasteiger partial charge < -0.3 is 10.1 Å². The third-order valence-corrected chi connectivity index (χ3v) is 4.99. The summed E-state index contributed by atoms with van der Waals surface area (Å²) >= 11 is 1.49. The molecule has 3 aromatic carbocycles. The predicted molar refractivity (Wildman–Crippen MR) is 102 cm³/mol. The van der Waals surface area contributed by atoms with Crippen molar-refractivity contribution < 1.29 is 9.53 Å². The standard InChI is InChI=1S/C20H16N2O2S/c1-24-15-9-6-13(7-10-15)12-18(23)21-20-22-19-16-5-3-2-4-14(16)8-11-17(19)25-20/h2-11H,12H2,1H3,(H,21,22,23). The Labute approximate surface area is 149 Å². The lowest BCUT2D eigenvalue weighted by Crippen LogP contribution is -2.14. The molecule has 25 heavy (non-hydrogen) atoms. The zero-order valence-corrected chi connectivity index (χ0v) is 14.5. The molecule has 4 rings (SSSR count). The molecular weight excluding hydrogens is 332 g/mol. The SMILES string of the molecule is COc1ccc(CC(=O)Nc2nc3c(ccc4ccccc43)s2)cc1. The van der Waals surface area contributed by atoms with Crippen LogP contribution in [-0.2, 0) is 11.2 Å². The van der Waals surface area contributed by atoms with Gasteiger partial charge in [-0.1, -0.05) is 53.8 Å². The number of amides is 1. The van der Waals surface area contributed by atoms with Crippen LogP contribution in [0.5, 0.6) is 5.75 Å². The Morgan fingerprint density at radius 2 is 1.88 bits per heavy atom. The first-order valence-corrected chi connectivity index (χ1v) is 8.75. The van der Waals surface area contributed by atoms with Crippen molar-refractivity contribution in [2.75, 3.05) is 12.4 Å². The lowest BCUT2D eigenvalue weighted by molar-refractivity contribution is -0.115. The minimum absolute atomic E-state index is 0.0754. The fraction of sp³-hybridized carbons (Fsp3) is 0.100. The topological polar surface area (TPSA) is 51.2 Å². The van der Waals surface area contributed by atoms with Gasteiger partial charge in [-0.25, -0.2) is 4.98 Å². The lowest BCUT2D eigenvalue weighted by atomic mass is 10.1. The summed E-state index contributed by atoms with van der Waals surface area (Å²) < 4.78 is 6.20. The summed E-state index contributed by atoms with van der Waals surface area (Å²) in [5, 5.41) is 5.79. The van der Waals surface area contributed by atoms with Crippen LogP contribution in [0.15, 0.2) is 60.7 Å². The highest BCUT2D eigenvalue weighted by Crippen LogP contribution is 2.31. The zero-order chi connectivity index (χ0) is 17.2. The molecule has 1 aromatic heterocycles. The number of thiazole rings is 1. The number of ether oxygens (including phenoxy) is 1. The Morgan fingerprint density at radius 1 is 1.08 bits per heavy atom. The number of carbonyl (C=O) groups is 1. The van der Waals surface area contributed by atoms with Gasteiger partial charge in [0, 0.05) is 5.39 Å². The number of anilines is 1. The maximum atomic E-state index is 12.3. The van der Waals surface area contributed by atoms with Gasteiger partial charge in [-0.2, -0.15) is 0 Å². The van der Waals surface area contributed by atoms with Crippen molar-refractivity contribution in [3.05, 3.63) is 66.2 Å². The molecule has 124 valence electrons. The first-order chi connectivity index (χ1) is 12.2. The average Bonchev–Trinajstić information content (AvgIpc) is 3.05. The van der Waals surface area contributed by atoms with E-state index in [1.807, 2.05) is 36.4 Å². The van der Waals surface area contributed by atoms with Gasteiger partial charge in [-0.3, -0.25) is 4.79 Å². The Bertz CT molecular complexity index is 1050. The van der Waals surface area contributed by atoms with E-state index in [9.17, 15) is 4.79 Å². The van der Waals surface area contributed by atoms with Crippen LogP contribution in [0.4, 0.5) is 5.13 Å². The van der Waals surface area contributed by atoms with E-state index in [1.54, 1.807) is 7.11 Å². The second kappa shape index (κ2) is 6.53. The molecule has 4 aromatic rings. The first kappa shape index (κ1) is 15.6. The Hall–Kier alpha value is -2.92. The highest BCUT2D eigenvalue weighted by atomic mass is 32.1. The average molecular weight is 348 g/mol. The van der Waals surface area contributed by atoms with Crippen LogP contribution in [0, 0.1) is 0 Å². The molecule has 0 aliphatic heterocycles. The van der Waals surface area contributed by atoms with Gasteiger partial charge in [0.1, 0.15) is 5.75 Å². The Balaban J connectivity index is 1.55. The van der Waals surface area contributed by atoms with Gasteiger partial charge in [-0.15, -0.1) is 0 Å². The van der Waals surface area contributed by atoms with Crippen LogP contribution >= 0.6 is 11.3 Å². The second-order valence-electron chi connectivity index (χ2n) is 5.73. The van der Waals surface area contributed by atoms with Gasteiger partial charge in [0.15, 0.2) is 5.13 Å². The highest BCUT2D eigenvalue weighted by Gasteiger charge is 2.10. The summed E-state index contributed by atoms with van der Waals surface area (Å²) in [6, 6.07) is 19.8. The number of carbonyl (C=O) groups excluding carboxylic acids is 1. The van der Waals surface area contributed by atoms with Crippen LogP contribution in [-0.4, -0.2) is 18.0 Å². The van der Waals surface area contributed by atoms with Gasteiger partial charge in [-0.05, 0) is 29.1 Å². The van der Waals surface area contributed by atoms with E-state index in [1.165, 1.54) is 11.3 Å². The quantitative estimate of drug-likeness (QED) is 0.584. The van der Waals surface area contributed by atoms with E-state index >= 15 is 0 Å². The summed E-state index contributed by atoms with van der Waals surface area (Å²) in [5.74, 6) is 0.704. The minimum atomic E-state index is -0.0754. The molecule has 5 heteroatoms. The summed E-state index contributed by atoms with van der Waals surface area (Å²) in [5.41, 5.74) is 1.87. The van der Waals surface area contributed by atoms with Crippen molar-refractivity contribution in [2.24, 2.45) is 0 Å². The van der Waals surface area contributed by atoms with Crippen LogP contribution in [0.25, 0.3) is 21.0 Å². The van der Waals surface area contributed by atoms with Gasteiger partial charge in [0.25, 0.3) is 0 Å². The monoisotopic (exact) mass is 348 g/mol. The number of aromatic nitrogens is 1. The number of hydrogen-bond donors (Lipinski definition) is 1. The van der Waals surface area contributed by atoms with Crippen LogP contribution in [0.1, 0.15) is 5.56 Å². The second-order valence-corrected chi connectivity index (χ2v) is 6.76. The molecule has 0 aliphatic carbocycles. The molecule has 4 nitrogen and oxygen atoms in total. The molecule has 0 bridgehead atoms. The van der Waals surface area contributed by atoms with E-state index in [0.29, 0.717) is 11.6 Å². The Kier molecular flexibility index (Phi) is 4.07. The third kappa shape index (κ3) is 3.19. The van der Waals surface area contributed by atoms with Crippen molar-refractivity contribution in [1.82, 2.24) is 4.98 Å². The van der Waals surface area contributed by atoms with Crippen LogP contribution in [0.2, 0.25) is 0 Å². The number of nitrogens with one attached hydrogen (secondary N) is 1. The first-order valence-electron chi connectivity index (χ1n) is 7.94. The largest absolute Gasteiger partial charge is 0.497 e. The lowest BCUT2D eigenvalue weighted by Gasteiger charge is -2.03. The molecule has 0 radical (unpaired) electrons. The number of nitrogens with zero attached hydrogens (tertiary/aromatic N) is 1. The molecule has 0 spiro atoms. The molecule has 1 amide bonds. The molecule has 1 N–H and O–H groups in total. The van der Waals surface area contributed by atoms with Crippen molar-refractivity contribution in [3.63, 3.8) is 0 Å². The fourth-order valence-corrected chi connectivity index (χ4v) is 3.71. The van der Waals surface area contributed by atoms with Crippen molar-refractivity contribution >= 4 is 43.4 Å². The van der Waals surface area contributed by atoms with E-state index in [-0.39, 0.29) is 5.91 Å². The van der Waals surface area contributed by atoms with E-state index in [4.69, 9.17) is 4.74 Å². The third-order valence-electron chi connectivity index (χ3n) is 4.05. The maximum absolute atomic E-state index is 12.3. The molecule has 0 fully saturated rings. The highest BCUT2D eigenvalue weighted by molar-refractivity contribution is 7.22. The maximum Gasteiger partial charge on any atom is 0.230 e. The van der Waals surface area contributed by atoms with Crippen LogP contribution < -0.4 is 10.1 Å². The number of fused-ring (bicyclic) bond motifs is 3. The van der Waals surface area contributed by atoms with Crippen molar-refractivity contribution in [2.45, 2.75) is 6.42 Å². The normalized spacial score (nSPS) is 10.9. The summed E-state index contributed by atoms with van der Waals surface area (Å²) in [7, 11) is 1.62. The zero-order valence-electron chi connectivity index (χ0n) is 13.7. The van der Waals surface area contributed by atoms with Crippen molar-refractivity contribution in [3.8, 4) is 5.75 Å². The van der Waals surface area contributed by atoms with Crippen molar-refractivity contribution in [1.29, 1.82) is 0 Å². The van der Waals surface area contributed by atoms with Gasteiger partial charge in [0.05, 0.1) is 23.7 Å². The number of methoxy groups -OCH3 is 1. The number of hydrogen-bond acceptors (Lipinski definition) is 4. The number of benzene rings is 3. The predicted octanol–water partition coefficient (Wildman–Crippen LogP) is 4.64. The van der Waals surface area contributed by atoms with Gasteiger partial charge in [0.2, 0.25) is 5.91 Å². The molecule has 0 saturated carbocycles. The van der Waals surface area contributed by atoms with Gasteiger partial charge >= 0.3 is 0 Å². The number of rotatable bonds is 4. The molecular formula is C20H16N2O2S. The van der Waals surface area contributed by atoms with Crippen LogP contribution in [0.3, 0.4) is 0 Å². The summed E-state index contributed by atoms with van der Waals surface area (Å²) in [4.78, 5) is 16.9.